The fourth-order valence-corrected chi connectivity index (χ4v) is 10.5. The van der Waals surface area contributed by atoms with Crippen molar-refractivity contribution >= 4 is 75.7 Å². The average molecular weight is 777 g/mol. The molecule has 0 aliphatic heterocycles. The van der Waals surface area contributed by atoms with Crippen LogP contribution in [0.5, 0.6) is 0 Å². The summed E-state index contributed by atoms with van der Waals surface area (Å²) in [4.78, 5) is 12.6. The first-order chi connectivity index (χ1) is 28.7. The molecular weight excluding hydrogens is 745 g/mol. The second kappa shape index (κ2) is 13.2. The van der Waals surface area contributed by atoms with E-state index in [4.69, 9.17) is 9.97 Å². The van der Waals surface area contributed by atoms with Crippen molar-refractivity contribution in [2.24, 2.45) is 0 Å². The number of fused-ring (bicyclic) bond motifs is 5. The van der Waals surface area contributed by atoms with Crippen molar-refractivity contribution in [1.29, 1.82) is 0 Å². The molecule has 0 aliphatic carbocycles. The van der Waals surface area contributed by atoms with Crippen LogP contribution in [0.25, 0.3) is 108 Å². The second-order valence-electron chi connectivity index (χ2n) is 14.7. The van der Waals surface area contributed by atoms with E-state index in [0.717, 1.165) is 56.2 Å². The minimum absolute atomic E-state index is 0.949. The molecule has 12 aromatic rings. The van der Waals surface area contributed by atoms with Gasteiger partial charge < -0.3 is 0 Å². The van der Waals surface area contributed by atoms with Gasteiger partial charge in [-0.1, -0.05) is 109 Å². The SMILES string of the molecule is c1ccc(-c2nc3ccccc3n2-c2ccc(-c3cc4cc5cc6sc(-c7ccc(-n8c(-c9ccccc9)nc9ccccc98)cc7)cc6cc5cc4s3)cc2)cc1. The van der Waals surface area contributed by atoms with Gasteiger partial charge in [0.15, 0.2) is 0 Å². The van der Waals surface area contributed by atoms with Crippen molar-refractivity contribution in [3.63, 3.8) is 0 Å². The fourth-order valence-electron chi connectivity index (χ4n) is 8.29. The van der Waals surface area contributed by atoms with Crippen molar-refractivity contribution in [2.75, 3.05) is 0 Å². The largest absolute Gasteiger partial charge is 0.292 e. The van der Waals surface area contributed by atoms with Gasteiger partial charge in [0.2, 0.25) is 0 Å². The van der Waals surface area contributed by atoms with Crippen LogP contribution in [0.4, 0.5) is 0 Å². The molecule has 272 valence electrons. The lowest BCUT2D eigenvalue weighted by atomic mass is 10.1. The molecule has 0 saturated heterocycles. The zero-order valence-electron chi connectivity index (χ0n) is 31.1. The highest BCUT2D eigenvalue weighted by Gasteiger charge is 2.17. The Morgan fingerprint density at radius 1 is 0.328 bits per heavy atom. The lowest BCUT2D eigenvalue weighted by Gasteiger charge is -2.10. The molecule has 0 unspecified atom stereocenters. The topological polar surface area (TPSA) is 35.6 Å². The zero-order valence-corrected chi connectivity index (χ0v) is 32.7. The fraction of sp³-hybridized carbons (Fsp3) is 0. The molecule has 8 aromatic carbocycles. The summed E-state index contributed by atoms with van der Waals surface area (Å²) in [5.74, 6) is 1.90. The van der Waals surface area contributed by atoms with E-state index >= 15 is 0 Å². The van der Waals surface area contributed by atoms with E-state index in [2.05, 4.69) is 191 Å². The summed E-state index contributed by atoms with van der Waals surface area (Å²) in [7, 11) is 0. The minimum Gasteiger partial charge on any atom is -0.292 e. The number of hydrogen-bond donors (Lipinski definition) is 0. The number of rotatable bonds is 6. The Morgan fingerprint density at radius 3 is 1.16 bits per heavy atom. The average Bonchev–Trinajstić information content (AvgIpc) is 4.08. The van der Waals surface area contributed by atoms with Gasteiger partial charge in [-0.3, -0.25) is 9.13 Å². The normalized spacial score (nSPS) is 11.8. The third-order valence-corrected chi connectivity index (χ3v) is 13.4. The molecule has 6 heteroatoms. The molecule has 12 rings (SSSR count). The van der Waals surface area contributed by atoms with Gasteiger partial charge in [-0.2, -0.15) is 0 Å². The summed E-state index contributed by atoms with van der Waals surface area (Å²) >= 11 is 3.71. The molecule has 0 spiro atoms. The molecule has 58 heavy (non-hydrogen) atoms. The maximum Gasteiger partial charge on any atom is 0.145 e. The number of imidazole rings is 2. The van der Waals surface area contributed by atoms with Crippen LogP contribution in [0.2, 0.25) is 0 Å². The molecule has 0 fully saturated rings. The monoisotopic (exact) mass is 776 g/mol. The number of aromatic nitrogens is 4. The van der Waals surface area contributed by atoms with E-state index in [9.17, 15) is 0 Å². The molecular formula is C52H32N4S2. The van der Waals surface area contributed by atoms with Crippen molar-refractivity contribution < 1.29 is 0 Å². The molecule has 0 N–H and O–H groups in total. The predicted molar refractivity (Wildman–Crippen MR) is 246 cm³/mol. The Kier molecular flexibility index (Phi) is 7.55. The Hall–Kier alpha value is -7.12. The van der Waals surface area contributed by atoms with Crippen LogP contribution >= 0.6 is 22.7 Å². The molecule has 4 aromatic heterocycles. The highest BCUT2D eigenvalue weighted by Crippen LogP contribution is 2.41. The molecule has 0 aliphatic rings. The predicted octanol–water partition coefficient (Wildman–Crippen LogP) is 14.6. The molecule has 0 amide bonds. The van der Waals surface area contributed by atoms with Gasteiger partial charge in [-0.15, -0.1) is 22.7 Å². The first-order valence-electron chi connectivity index (χ1n) is 19.4. The van der Waals surface area contributed by atoms with Gasteiger partial charge >= 0.3 is 0 Å². The van der Waals surface area contributed by atoms with Crippen molar-refractivity contribution in [3.05, 3.63) is 194 Å². The maximum atomic E-state index is 5.03. The van der Waals surface area contributed by atoms with Crippen LogP contribution in [0.15, 0.2) is 194 Å². The number of thiophene rings is 2. The smallest absolute Gasteiger partial charge is 0.145 e. The van der Waals surface area contributed by atoms with Crippen LogP contribution in [0.3, 0.4) is 0 Å². The van der Waals surface area contributed by atoms with Crippen LogP contribution in [0, 0.1) is 0 Å². The van der Waals surface area contributed by atoms with E-state index in [-0.39, 0.29) is 0 Å². The van der Waals surface area contributed by atoms with Gasteiger partial charge in [0.1, 0.15) is 11.6 Å². The van der Waals surface area contributed by atoms with Crippen LogP contribution in [-0.2, 0) is 0 Å². The Labute approximate surface area is 342 Å². The Balaban J connectivity index is 0.856. The van der Waals surface area contributed by atoms with E-state index in [1.165, 1.54) is 51.8 Å². The van der Waals surface area contributed by atoms with Crippen molar-refractivity contribution in [3.8, 4) is 55.0 Å². The quantitative estimate of drug-likeness (QED) is 0.169. The number of hydrogen-bond acceptors (Lipinski definition) is 4. The molecule has 0 saturated carbocycles. The third kappa shape index (κ3) is 5.49. The molecule has 0 radical (unpaired) electrons. The first-order valence-corrected chi connectivity index (χ1v) is 21.0. The van der Waals surface area contributed by atoms with E-state index in [1.807, 2.05) is 34.8 Å². The van der Waals surface area contributed by atoms with Crippen molar-refractivity contribution in [2.45, 2.75) is 0 Å². The Morgan fingerprint density at radius 2 is 0.724 bits per heavy atom. The molecule has 4 heterocycles. The maximum absolute atomic E-state index is 5.03. The van der Waals surface area contributed by atoms with Gasteiger partial charge in [-0.25, -0.2) is 9.97 Å². The highest BCUT2D eigenvalue weighted by atomic mass is 32.1. The lowest BCUT2D eigenvalue weighted by molar-refractivity contribution is 1.10. The highest BCUT2D eigenvalue weighted by molar-refractivity contribution is 7.22. The summed E-state index contributed by atoms with van der Waals surface area (Å²) in [6.45, 7) is 0. The van der Waals surface area contributed by atoms with Crippen molar-refractivity contribution in [1.82, 2.24) is 19.1 Å². The molecule has 0 atom stereocenters. The summed E-state index contributed by atoms with van der Waals surface area (Å²) in [6, 6.07) is 69.6. The summed E-state index contributed by atoms with van der Waals surface area (Å²) < 4.78 is 7.13. The molecule has 0 bridgehead atoms. The number of para-hydroxylation sites is 4. The van der Waals surface area contributed by atoms with Crippen LogP contribution in [-0.4, -0.2) is 19.1 Å². The van der Waals surface area contributed by atoms with Gasteiger partial charge in [0.25, 0.3) is 0 Å². The standard InChI is InChI=1S/C52H32N4S2/c1-3-11-35(12-4-1)51-53-43-15-7-9-17-45(43)55(51)41-23-19-33(20-24-41)47-31-39-27-37-30-50-40(28-38(37)29-49(39)57-47)32-48(58-50)34-21-25-42(26-22-34)56-46-18-10-8-16-44(46)54-52(56)36-13-5-2-6-14-36/h1-32H. The second-order valence-corrected chi connectivity index (χ2v) is 16.9. The zero-order chi connectivity index (χ0) is 38.2. The van der Waals surface area contributed by atoms with Gasteiger partial charge in [0, 0.05) is 41.7 Å². The van der Waals surface area contributed by atoms with Crippen LogP contribution < -0.4 is 0 Å². The summed E-state index contributed by atoms with van der Waals surface area (Å²) in [6.07, 6.45) is 0. The molecule has 4 nitrogen and oxygen atoms in total. The summed E-state index contributed by atoms with van der Waals surface area (Å²) in [5.41, 5.74) is 11.0. The van der Waals surface area contributed by atoms with E-state index < -0.39 is 0 Å². The minimum atomic E-state index is 0.949. The third-order valence-electron chi connectivity index (χ3n) is 11.1. The first kappa shape index (κ1) is 33.1. The summed E-state index contributed by atoms with van der Waals surface area (Å²) in [5, 5.41) is 5.09. The number of nitrogens with zero attached hydrogens (tertiary/aromatic N) is 4. The lowest BCUT2D eigenvalue weighted by Crippen LogP contribution is -1.97. The van der Waals surface area contributed by atoms with E-state index in [1.54, 1.807) is 0 Å². The van der Waals surface area contributed by atoms with E-state index in [0.29, 0.717) is 0 Å². The van der Waals surface area contributed by atoms with Gasteiger partial charge in [-0.05, 0) is 118 Å². The number of benzene rings is 8. The van der Waals surface area contributed by atoms with Crippen LogP contribution in [0.1, 0.15) is 0 Å². The Bertz CT molecular complexity index is 3180. The van der Waals surface area contributed by atoms with Gasteiger partial charge in [0.05, 0.1) is 22.1 Å².